The SMILES string of the molecule is Cc1c(Br)cccc1NCc1ccc(C(C)(C)C)s1. The zero-order valence-corrected chi connectivity index (χ0v) is 14.3. The predicted molar refractivity (Wildman–Crippen MR) is 89.2 cm³/mol. The minimum atomic E-state index is 0.245. The van der Waals surface area contributed by atoms with E-state index in [0.29, 0.717) is 0 Å². The van der Waals surface area contributed by atoms with E-state index in [4.69, 9.17) is 0 Å². The molecule has 2 aromatic rings. The van der Waals surface area contributed by atoms with E-state index in [9.17, 15) is 0 Å². The molecule has 0 bridgehead atoms. The molecule has 19 heavy (non-hydrogen) atoms. The fourth-order valence-electron chi connectivity index (χ4n) is 1.86. The first-order valence-corrected chi connectivity index (χ1v) is 8.07. The maximum absolute atomic E-state index is 3.57. The van der Waals surface area contributed by atoms with Crippen LogP contribution in [0.15, 0.2) is 34.8 Å². The molecule has 2 rings (SSSR count). The summed E-state index contributed by atoms with van der Waals surface area (Å²) < 4.78 is 1.15. The molecule has 1 heterocycles. The van der Waals surface area contributed by atoms with Crippen LogP contribution in [0.1, 0.15) is 36.1 Å². The van der Waals surface area contributed by atoms with E-state index < -0.39 is 0 Å². The first kappa shape index (κ1) is 14.6. The summed E-state index contributed by atoms with van der Waals surface area (Å²) in [5.41, 5.74) is 2.70. The molecule has 0 aliphatic rings. The third-order valence-corrected chi connectivity index (χ3v) is 5.49. The van der Waals surface area contributed by atoms with Crippen molar-refractivity contribution in [3.05, 3.63) is 50.1 Å². The van der Waals surface area contributed by atoms with E-state index in [1.54, 1.807) is 0 Å². The molecule has 1 aromatic heterocycles. The smallest absolute Gasteiger partial charge is 0.0494 e. The fraction of sp³-hybridized carbons (Fsp3) is 0.375. The molecular weight excluding hydrogens is 318 g/mol. The summed E-state index contributed by atoms with van der Waals surface area (Å²) in [5.74, 6) is 0. The number of hydrogen-bond acceptors (Lipinski definition) is 2. The van der Waals surface area contributed by atoms with Gasteiger partial charge in [0.05, 0.1) is 0 Å². The largest absolute Gasteiger partial charge is 0.380 e. The second-order valence-electron chi connectivity index (χ2n) is 5.78. The van der Waals surface area contributed by atoms with Crippen molar-refractivity contribution in [3.8, 4) is 0 Å². The molecule has 0 spiro atoms. The molecule has 1 nitrogen and oxygen atoms in total. The minimum absolute atomic E-state index is 0.245. The Morgan fingerprint density at radius 3 is 2.53 bits per heavy atom. The summed E-state index contributed by atoms with van der Waals surface area (Å²) >= 11 is 5.46. The third-order valence-electron chi connectivity index (χ3n) is 3.12. The number of thiophene rings is 1. The van der Waals surface area contributed by atoms with Gasteiger partial charge in [-0.05, 0) is 42.2 Å². The highest BCUT2D eigenvalue weighted by atomic mass is 79.9. The lowest BCUT2D eigenvalue weighted by Gasteiger charge is -2.15. The normalized spacial score (nSPS) is 11.6. The lowest BCUT2D eigenvalue weighted by atomic mass is 9.95. The topological polar surface area (TPSA) is 12.0 Å². The Morgan fingerprint density at radius 2 is 1.89 bits per heavy atom. The summed E-state index contributed by atoms with van der Waals surface area (Å²) in [6.07, 6.45) is 0. The van der Waals surface area contributed by atoms with Crippen molar-refractivity contribution in [2.45, 2.75) is 39.7 Å². The third kappa shape index (κ3) is 3.61. The Bertz CT molecular complexity index is 566. The fourth-order valence-corrected chi connectivity index (χ4v) is 3.23. The van der Waals surface area contributed by atoms with Crippen molar-refractivity contribution in [2.75, 3.05) is 5.32 Å². The molecule has 0 unspecified atom stereocenters. The predicted octanol–water partition coefficient (Wildman–Crippen LogP) is 5.73. The van der Waals surface area contributed by atoms with Crippen molar-refractivity contribution in [3.63, 3.8) is 0 Å². The van der Waals surface area contributed by atoms with Gasteiger partial charge in [0.15, 0.2) is 0 Å². The van der Waals surface area contributed by atoms with Crippen LogP contribution in [0.5, 0.6) is 0 Å². The van der Waals surface area contributed by atoms with Crippen molar-refractivity contribution in [2.24, 2.45) is 0 Å². The highest BCUT2D eigenvalue weighted by Crippen LogP contribution is 2.30. The zero-order chi connectivity index (χ0) is 14.0. The molecule has 0 atom stereocenters. The van der Waals surface area contributed by atoms with E-state index in [2.05, 4.69) is 79.3 Å². The molecule has 0 saturated carbocycles. The lowest BCUT2D eigenvalue weighted by Crippen LogP contribution is -2.07. The van der Waals surface area contributed by atoms with Gasteiger partial charge >= 0.3 is 0 Å². The molecule has 0 aliphatic heterocycles. The van der Waals surface area contributed by atoms with Gasteiger partial charge in [0.2, 0.25) is 0 Å². The molecule has 3 heteroatoms. The van der Waals surface area contributed by atoms with E-state index in [1.165, 1.54) is 21.0 Å². The second kappa shape index (κ2) is 5.68. The molecule has 0 fully saturated rings. The molecular formula is C16H20BrNS. The summed E-state index contributed by atoms with van der Waals surface area (Å²) in [5, 5.41) is 3.52. The van der Waals surface area contributed by atoms with Gasteiger partial charge in [-0.15, -0.1) is 11.3 Å². The molecule has 1 aromatic carbocycles. The van der Waals surface area contributed by atoms with Crippen LogP contribution in [0.25, 0.3) is 0 Å². The molecule has 0 saturated heterocycles. The summed E-state index contributed by atoms with van der Waals surface area (Å²) in [6.45, 7) is 9.79. The number of anilines is 1. The van der Waals surface area contributed by atoms with Crippen LogP contribution in [0, 0.1) is 6.92 Å². The zero-order valence-electron chi connectivity index (χ0n) is 11.9. The van der Waals surface area contributed by atoms with Crippen molar-refractivity contribution < 1.29 is 0 Å². The van der Waals surface area contributed by atoms with Crippen LogP contribution >= 0.6 is 27.3 Å². The number of rotatable bonds is 3. The van der Waals surface area contributed by atoms with Gasteiger partial charge in [-0.1, -0.05) is 42.8 Å². The van der Waals surface area contributed by atoms with Gasteiger partial charge in [0, 0.05) is 26.5 Å². The number of hydrogen-bond donors (Lipinski definition) is 1. The maximum Gasteiger partial charge on any atom is 0.0494 e. The van der Waals surface area contributed by atoms with Gasteiger partial charge in [0.1, 0.15) is 0 Å². The molecule has 1 N–H and O–H groups in total. The van der Waals surface area contributed by atoms with Gasteiger partial charge in [-0.25, -0.2) is 0 Å². The highest BCUT2D eigenvalue weighted by molar-refractivity contribution is 9.10. The Hall–Kier alpha value is -0.800. The summed E-state index contributed by atoms with van der Waals surface area (Å²) in [6, 6.07) is 10.7. The molecule has 0 amide bonds. The first-order valence-electron chi connectivity index (χ1n) is 6.46. The van der Waals surface area contributed by atoms with Crippen LogP contribution < -0.4 is 5.32 Å². The highest BCUT2D eigenvalue weighted by Gasteiger charge is 2.15. The quantitative estimate of drug-likeness (QED) is 0.754. The summed E-state index contributed by atoms with van der Waals surface area (Å²) in [4.78, 5) is 2.82. The Labute approximate surface area is 128 Å². The van der Waals surface area contributed by atoms with Gasteiger partial charge in [0.25, 0.3) is 0 Å². The second-order valence-corrected chi connectivity index (χ2v) is 7.80. The molecule has 0 aliphatic carbocycles. The number of halogens is 1. The van der Waals surface area contributed by atoms with Crippen LogP contribution in [-0.4, -0.2) is 0 Å². The van der Waals surface area contributed by atoms with Crippen molar-refractivity contribution in [1.82, 2.24) is 0 Å². The van der Waals surface area contributed by atoms with Gasteiger partial charge < -0.3 is 5.32 Å². The van der Waals surface area contributed by atoms with Gasteiger partial charge in [-0.3, -0.25) is 0 Å². The summed E-state index contributed by atoms with van der Waals surface area (Å²) in [7, 11) is 0. The minimum Gasteiger partial charge on any atom is -0.380 e. The Balaban J connectivity index is 2.07. The van der Waals surface area contributed by atoms with Crippen molar-refractivity contribution >= 4 is 33.0 Å². The molecule has 102 valence electrons. The molecule has 0 radical (unpaired) electrons. The average molecular weight is 338 g/mol. The standard InChI is InChI=1S/C16H20BrNS/c1-11-13(17)6-5-7-14(11)18-10-12-8-9-15(19-12)16(2,3)4/h5-9,18H,10H2,1-4H3. The first-order chi connectivity index (χ1) is 8.88. The van der Waals surface area contributed by atoms with Gasteiger partial charge in [-0.2, -0.15) is 0 Å². The van der Waals surface area contributed by atoms with Crippen LogP contribution in [0.2, 0.25) is 0 Å². The van der Waals surface area contributed by atoms with E-state index in [1.807, 2.05) is 11.3 Å². The average Bonchev–Trinajstić information content (AvgIpc) is 2.79. The van der Waals surface area contributed by atoms with E-state index in [-0.39, 0.29) is 5.41 Å². The lowest BCUT2D eigenvalue weighted by molar-refractivity contribution is 0.604. The van der Waals surface area contributed by atoms with E-state index >= 15 is 0 Å². The van der Waals surface area contributed by atoms with Crippen LogP contribution in [-0.2, 0) is 12.0 Å². The Kier molecular flexibility index (Phi) is 4.36. The Morgan fingerprint density at radius 1 is 1.16 bits per heavy atom. The monoisotopic (exact) mass is 337 g/mol. The van der Waals surface area contributed by atoms with Crippen LogP contribution in [0.4, 0.5) is 5.69 Å². The van der Waals surface area contributed by atoms with Crippen molar-refractivity contribution in [1.29, 1.82) is 0 Å². The maximum atomic E-state index is 3.57. The van der Waals surface area contributed by atoms with E-state index in [0.717, 1.165) is 11.0 Å². The number of nitrogens with one attached hydrogen (secondary N) is 1. The number of benzene rings is 1. The van der Waals surface area contributed by atoms with Crippen LogP contribution in [0.3, 0.4) is 0 Å².